The highest BCUT2D eigenvalue weighted by molar-refractivity contribution is 7.19. The number of rotatable bonds is 1. The van der Waals surface area contributed by atoms with E-state index in [4.69, 9.17) is 0 Å². The van der Waals surface area contributed by atoms with Crippen LogP contribution in [0.1, 0.15) is 37.5 Å². The summed E-state index contributed by atoms with van der Waals surface area (Å²) >= 11 is 1.75. The van der Waals surface area contributed by atoms with Gasteiger partial charge >= 0.3 is 0 Å². The Balaban J connectivity index is 2.02. The van der Waals surface area contributed by atoms with Crippen molar-refractivity contribution >= 4 is 21.4 Å². The van der Waals surface area contributed by atoms with Crippen LogP contribution in [-0.4, -0.2) is 5.11 Å². The molecule has 90 valence electrons. The fraction of sp³-hybridized carbons (Fsp3) is 0.467. The molecule has 2 unspecified atom stereocenters. The van der Waals surface area contributed by atoms with E-state index in [2.05, 4.69) is 37.3 Å². The van der Waals surface area contributed by atoms with E-state index in [1.807, 2.05) is 0 Å². The third-order valence-corrected chi connectivity index (χ3v) is 5.17. The van der Waals surface area contributed by atoms with Gasteiger partial charge in [-0.1, -0.05) is 31.5 Å². The molecule has 0 radical (unpaired) electrons. The van der Waals surface area contributed by atoms with Crippen LogP contribution in [0, 0.1) is 5.92 Å². The largest absolute Gasteiger partial charge is 0.384 e. The second kappa shape index (κ2) is 4.11. The molecule has 17 heavy (non-hydrogen) atoms. The van der Waals surface area contributed by atoms with E-state index < -0.39 is 5.60 Å². The van der Waals surface area contributed by atoms with Crippen molar-refractivity contribution in [1.82, 2.24) is 0 Å². The molecule has 2 aromatic rings. The topological polar surface area (TPSA) is 20.2 Å². The van der Waals surface area contributed by atoms with Crippen molar-refractivity contribution < 1.29 is 5.11 Å². The quantitative estimate of drug-likeness (QED) is 0.795. The van der Waals surface area contributed by atoms with Crippen molar-refractivity contribution in [2.45, 2.75) is 38.2 Å². The van der Waals surface area contributed by atoms with E-state index in [-0.39, 0.29) is 0 Å². The summed E-state index contributed by atoms with van der Waals surface area (Å²) in [5.41, 5.74) is -0.568. The average Bonchev–Trinajstić information content (AvgIpc) is 2.73. The van der Waals surface area contributed by atoms with E-state index in [9.17, 15) is 5.11 Å². The minimum atomic E-state index is -0.568. The fourth-order valence-corrected chi connectivity index (χ4v) is 4.15. The number of aliphatic hydroxyl groups is 1. The lowest BCUT2D eigenvalue weighted by atomic mass is 9.78. The van der Waals surface area contributed by atoms with Gasteiger partial charge in [-0.25, -0.2) is 0 Å². The molecule has 0 spiro atoms. The van der Waals surface area contributed by atoms with E-state index in [0.29, 0.717) is 5.92 Å². The van der Waals surface area contributed by atoms with Crippen LogP contribution in [0.4, 0.5) is 0 Å². The Kier molecular flexibility index (Phi) is 2.72. The summed E-state index contributed by atoms with van der Waals surface area (Å²) in [7, 11) is 0. The van der Waals surface area contributed by atoms with Gasteiger partial charge in [-0.05, 0) is 42.7 Å². The lowest BCUT2D eigenvalue weighted by Gasteiger charge is -2.34. The molecule has 1 aliphatic rings. The average molecular weight is 246 g/mol. The van der Waals surface area contributed by atoms with Crippen LogP contribution in [0.15, 0.2) is 30.3 Å². The molecule has 2 heteroatoms. The first-order valence-electron chi connectivity index (χ1n) is 6.39. The van der Waals surface area contributed by atoms with Crippen LogP contribution in [0.5, 0.6) is 0 Å². The van der Waals surface area contributed by atoms with Gasteiger partial charge in [0.05, 0.1) is 5.60 Å². The van der Waals surface area contributed by atoms with Crippen LogP contribution in [0.2, 0.25) is 0 Å². The molecule has 0 aliphatic heterocycles. The molecule has 1 aromatic heterocycles. The van der Waals surface area contributed by atoms with Crippen molar-refractivity contribution in [3.63, 3.8) is 0 Å². The van der Waals surface area contributed by atoms with Gasteiger partial charge in [-0.2, -0.15) is 0 Å². The number of thiophene rings is 1. The standard InChI is InChI=1S/C15H18OS/c1-11-5-4-8-15(16,10-11)14-9-12-6-2-3-7-13(12)17-14/h2-3,6-7,9,11,16H,4-5,8,10H2,1H3. The summed E-state index contributed by atoms with van der Waals surface area (Å²) in [6.07, 6.45) is 4.24. The monoisotopic (exact) mass is 246 g/mol. The van der Waals surface area contributed by atoms with Gasteiger partial charge in [-0.15, -0.1) is 11.3 Å². The molecule has 0 bridgehead atoms. The maximum absolute atomic E-state index is 10.8. The Morgan fingerprint density at radius 3 is 2.94 bits per heavy atom. The third kappa shape index (κ3) is 2.00. The molecule has 3 rings (SSSR count). The van der Waals surface area contributed by atoms with Crippen LogP contribution < -0.4 is 0 Å². The van der Waals surface area contributed by atoms with Crippen LogP contribution in [0.3, 0.4) is 0 Å². The molecule has 1 heterocycles. The van der Waals surface area contributed by atoms with Crippen molar-refractivity contribution in [3.8, 4) is 0 Å². The molecule has 1 fully saturated rings. The third-order valence-electron chi connectivity index (χ3n) is 3.86. The lowest BCUT2D eigenvalue weighted by molar-refractivity contribution is -0.0145. The van der Waals surface area contributed by atoms with Gasteiger partial charge in [0.1, 0.15) is 0 Å². The number of benzene rings is 1. The SMILES string of the molecule is CC1CCCC(O)(c2cc3ccccc3s2)C1. The zero-order valence-electron chi connectivity index (χ0n) is 10.1. The van der Waals surface area contributed by atoms with E-state index in [0.717, 1.165) is 24.1 Å². The molecule has 2 atom stereocenters. The highest BCUT2D eigenvalue weighted by atomic mass is 32.1. The molecule has 1 saturated carbocycles. The molecule has 1 nitrogen and oxygen atoms in total. The van der Waals surface area contributed by atoms with Crippen molar-refractivity contribution in [2.24, 2.45) is 5.92 Å². The molecule has 1 aromatic carbocycles. The Morgan fingerprint density at radius 1 is 1.35 bits per heavy atom. The van der Waals surface area contributed by atoms with Crippen LogP contribution in [-0.2, 0) is 5.60 Å². The summed E-state index contributed by atoms with van der Waals surface area (Å²) in [4.78, 5) is 1.16. The summed E-state index contributed by atoms with van der Waals surface area (Å²) in [6, 6.07) is 10.6. The highest BCUT2D eigenvalue weighted by Gasteiger charge is 2.35. The smallest absolute Gasteiger partial charge is 0.0990 e. The first-order chi connectivity index (χ1) is 8.17. The first kappa shape index (κ1) is 11.2. The zero-order chi connectivity index (χ0) is 11.9. The Bertz CT molecular complexity index is 497. The minimum Gasteiger partial charge on any atom is -0.384 e. The minimum absolute atomic E-state index is 0.568. The molecule has 1 aliphatic carbocycles. The van der Waals surface area contributed by atoms with Crippen LogP contribution in [0.25, 0.3) is 10.1 Å². The second-order valence-corrected chi connectivity index (χ2v) is 6.47. The van der Waals surface area contributed by atoms with Gasteiger partial charge < -0.3 is 5.11 Å². The Hall–Kier alpha value is -0.860. The van der Waals surface area contributed by atoms with Gasteiger partial charge in [-0.3, -0.25) is 0 Å². The predicted molar refractivity (Wildman–Crippen MR) is 73.4 cm³/mol. The number of fused-ring (bicyclic) bond motifs is 1. The molecule has 1 N–H and O–H groups in total. The normalized spacial score (nSPS) is 29.6. The lowest BCUT2D eigenvalue weighted by Crippen LogP contribution is -2.30. The first-order valence-corrected chi connectivity index (χ1v) is 7.20. The maximum atomic E-state index is 10.8. The van der Waals surface area contributed by atoms with E-state index in [1.54, 1.807) is 11.3 Å². The Labute approximate surface area is 106 Å². The summed E-state index contributed by atoms with van der Waals surface area (Å²) < 4.78 is 1.29. The van der Waals surface area contributed by atoms with Gasteiger partial charge in [0.15, 0.2) is 0 Å². The molecule has 0 saturated heterocycles. The van der Waals surface area contributed by atoms with Gasteiger partial charge in [0.25, 0.3) is 0 Å². The van der Waals surface area contributed by atoms with Crippen molar-refractivity contribution in [3.05, 3.63) is 35.2 Å². The zero-order valence-corrected chi connectivity index (χ0v) is 11.0. The van der Waals surface area contributed by atoms with Gasteiger partial charge in [0.2, 0.25) is 0 Å². The summed E-state index contributed by atoms with van der Waals surface area (Å²) in [6.45, 7) is 2.25. The Morgan fingerprint density at radius 2 is 2.18 bits per heavy atom. The van der Waals surface area contributed by atoms with Crippen molar-refractivity contribution in [2.75, 3.05) is 0 Å². The van der Waals surface area contributed by atoms with Gasteiger partial charge in [0, 0.05) is 9.58 Å². The number of hydrogen-bond donors (Lipinski definition) is 1. The highest BCUT2D eigenvalue weighted by Crippen LogP contribution is 2.43. The molecular weight excluding hydrogens is 228 g/mol. The molecular formula is C15H18OS. The molecule has 0 amide bonds. The second-order valence-electron chi connectivity index (χ2n) is 5.38. The van der Waals surface area contributed by atoms with E-state index in [1.165, 1.54) is 16.5 Å². The number of hydrogen-bond acceptors (Lipinski definition) is 2. The fourth-order valence-electron chi connectivity index (χ4n) is 2.96. The summed E-state index contributed by atoms with van der Waals surface area (Å²) in [5.74, 6) is 0.638. The maximum Gasteiger partial charge on any atom is 0.0990 e. The summed E-state index contributed by atoms with van der Waals surface area (Å²) in [5, 5.41) is 12.1. The predicted octanol–water partition coefficient (Wildman–Crippen LogP) is 4.30. The van der Waals surface area contributed by atoms with Crippen molar-refractivity contribution in [1.29, 1.82) is 0 Å². The van der Waals surface area contributed by atoms with E-state index >= 15 is 0 Å². The van der Waals surface area contributed by atoms with Crippen LogP contribution >= 0.6 is 11.3 Å².